The second-order valence-electron chi connectivity index (χ2n) is 5.25. The average molecular weight is 319 g/mol. The number of carbonyl (C=O) groups is 1. The fraction of sp³-hybridized carbons (Fsp3) is 0.357. The smallest absolute Gasteiger partial charge is 0.228 e. The molecule has 0 saturated heterocycles. The largest absolute Gasteiger partial charge is 0.324 e. The first-order valence-corrected chi connectivity index (χ1v) is 7.05. The maximum absolute atomic E-state index is 12.2. The van der Waals surface area contributed by atoms with Crippen molar-refractivity contribution < 1.29 is 4.79 Å². The highest BCUT2D eigenvalue weighted by atomic mass is 35.5. The number of para-hydroxylation sites is 1. The average Bonchev–Trinajstić information content (AvgIpc) is 2.82. The van der Waals surface area contributed by atoms with Crippen molar-refractivity contribution in [1.82, 2.24) is 0 Å². The number of hydrogen-bond acceptors (Lipinski definition) is 1. The number of benzene rings is 1. The van der Waals surface area contributed by atoms with Gasteiger partial charge in [0.25, 0.3) is 0 Å². The van der Waals surface area contributed by atoms with Crippen LogP contribution in [0.5, 0.6) is 0 Å². The molecule has 19 heavy (non-hydrogen) atoms. The minimum atomic E-state index is -0.142. The van der Waals surface area contributed by atoms with Crippen molar-refractivity contribution >= 4 is 46.4 Å². The van der Waals surface area contributed by atoms with Crippen LogP contribution in [-0.2, 0) is 4.79 Å². The maximum atomic E-state index is 12.2. The summed E-state index contributed by atoms with van der Waals surface area (Å²) < 4.78 is 0.200. The highest BCUT2D eigenvalue weighted by molar-refractivity contribution is 6.55. The number of anilines is 1. The van der Waals surface area contributed by atoms with E-state index in [1.807, 2.05) is 26.0 Å². The number of allylic oxidation sites excluding steroid dienone is 1. The van der Waals surface area contributed by atoms with E-state index in [1.54, 1.807) is 18.2 Å². The molecular formula is C14H14Cl3NO. The van der Waals surface area contributed by atoms with Crippen LogP contribution in [-0.4, -0.2) is 5.91 Å². The number of rotatable bonds is 3. The van der Waals surface area contributed by atoms with Gasteiger partial charge >= 0.3 is 0 Å². The van der Waals surface area contributed by atoms with Crippen LogP contribution in [0.3, 0.4) is 0 Å². The zero-order valence-electron chi connectivity index (χ0n) is 10.6. The van der Waals surface area contributed by atoms with Crippen molar-refractivity contribution in [3.63, 3.8) is 0 Å². The molecule has 1 aromatic carbocycles. The zero-order valence-corrected chi connectivity index (χ0v) is 12.9. The monoisotopic (exact) mass is 317 g/mol. The first kappa shape index (κ1) is 14.7. The Labute approximate surface area is 127 Å². The maximum Gasteiger partial charge on any atom is 0.228 e. The van der Waals surface area contributed by atoms with Crippen molar-refractivity contribution in [2.45, 2.75) is 13.8 Å². The first-order valence-electron chi connectivity index (χ1n) is 5.92. The van der Waals surface area contributed by atoms with Gasteiger partial charge in [0.15, 0.2) is 0 Å². The Morgan fingerprint density at radius 2 is 1.95 bits per heavy atom. The van der Waals surface area contributed by atoms with E-state index >= 15 is 0 Å². The van der Waals surface area contributed by atoms with Gasteiger partial charge in [-0.05, 0) is 29.5 Å². The highest BCUT2D eigenvalue weighted by Crippen LogP contribution is 2.60. The van der Waals surface area contributed by atoms with Crippen molar-refractivity contribution in [1.29, 1.82) is 0 Å². The molecule has 0 bridgehead atoms. The van der Waals surface area contributed by atoms with E-state index in [4.69, 9.17) is 34.8 Å². The van der Waals surface area contributed by atoms with Crippen LogP contribution in [0.4, 0.5) is 5.69 Å². The van der Waals surface area contributed by atoms with E-state index in [0.717, 1.165) is 0 Å². The molecule has 0 radical (unpaired) electrons. The predicted octanol–water partition coefficient (Wildman–Crippen LogP) is 4.87. The standard InChI is InChI=1S/C14H14Cl3NO/c1-14(2)8(7-11(16)17)12(14)13(19)18-10-6-4-3-5-9(10)15/h3-8,12H,1-2H3,(H,18,19)/t8-,12-/m0/s1. The molecule has 102 valence electrons. The Bertz CT molecular complexity index is 535. The fourth-order valence-electron chi connectivity index (χ4n) is 2.40. The SMILES string of the molecule is CC1(C)[C@H](C(=O)Nc2ccccc2Cl)[C@@H]1C=C(Cl)Cl. The Morgan fingerprint density at radius 3 is 2.53 bits per heavy atom. The van der Waals surface area contributed by atoms with Gasteiger partial charge in [-0.15, -0.1) is 0 Å². The number of carbonyl (C=O) groups excluding carboxylic acids is 1. The Morgan fingerprint density at radius 1 is 1.32 bits per heavy atom. The highest BCUT2D eigenvalue weighted by Gasteiger charge is 2.60. The molecule has 1 amide bonds. The van der Waals surface area contributed by atoms with Gasteiger partial charge in [0.2, 0.25) is 5.91 Å². The molecule has 0 spiro atoms. The summed E-state index contributed by atoms with van der Waals surface area (Å²) in [6.07, 6.45) is 1.72. The molecular weight excluding hydrogens is 305 g/mol. The summed E-state index contributed by atoms with van der Waals surface area (Å²) in [7, 11) is 0. The van der Waals surface area contributed by atoms with Gasteiger partial charge in [0, 0.05) is 0 Å². The summed E-state index contributed by atoms with van der Waals surface area (Å²) >= 11 is 17.4. The lowest BCUT2D eigenvalue weighted by Crippen LogP contribution is -2.17. The van der Waals surface area contributed by atoms with Gasteiger partial charge < -0.3 is 5.32 Å². The summed E-state index contributed by atoms with van der Waals surface area (Å²) in [5.41, 5.74) is 0.483. The molecule has 0 aromatic heterocycles. The lowest BCUT2D eigenvalue weighted by Gasteiger charge is -2.07. The number of nitrogens with one attached hydrogen (secondary N) is 1. The van der Waals surface area contributed by atoms with Gasteiger partial charge in [-0.1, -0.05) is 60.8 Å². The Balaban J connectivity index is 2.10. The first-order chi connectivity index (χ1) is 8.84. The summed E-state index contributed by atoms with van der Waals surface area (Å²) in [6.45, 7) is 4.03. The van der Waals surface area contributed by atoms with E-state index in [0.29, 0.717) is 10.7 Å². The van der Waals surface area contributed by atoms with Gasteiger partial charge in [0.1, 0.15) is 4.49 Å². The summed E-state index contributed by atoms with van der Waals surface area (Å²) in [5, 5.41) is 3.37. The van der Waals surface area contributed by atoms with E-state index in [-0.39, 0.29) is 27.6 Å². The molecule has 0 aliphatic heterocycles. The lowest BCUT2D eigenvalue weighted by atomic mass is 10.1. The van der Waals surface area contributed by atoms with Crippen LogP contribution in [0.2, 0.25) is 5.02 Å². The number of amides is 1. The lowest BCUT2D eigenvalue weighted by molar-refractivity contribution is -0.118. The van der Waals surface area contributed by atoms with Gasteiger partial charge in [-0.25, -0.2) is 0 Å². The predicted molar refractivity (Wildman–Crippen MR) is 80.6 cm³/mol. The van der Waals surface area contributed by atoms with Crippen molar-refractivity contribution in [3.8, 4) is 0 Å². The third-order valence-electron chi connectivity index (χ3n) is 3.63. The third-order valence-corrected chi connectivity index (χ3v) is 4.21. The summed E-state index contributed by atoms with van der Waals surface area (Å²) in [4.78, 5) is 12.2. The van der Waals surface area contributed by atoms with Gasteiger partial charge in [0.05, 0.1) is 16.6 Å². The number of halogens is 3. The molecule has 0 unspecified atom stereocenters. The second kappa shape index (κ2) is 5.35. The molecule has 1 fully saturated rings. The van der Waals surface area contributed by atoms with E-state index in [1.165, 1.54) is 0 Å². The second-order valence-corrected chi connectivity index (χ2v) is 6.67. The van der Waals surface area contributed by atoms with Crippen LogP contribution >= 0.6 is 34.8 Å². The van der Waals surface area contributed by atoms with Gasteiger partial charge in [-0.2, -0.15) is 0 Å². The van der Waals surface area contributed by atoms with E-state index in [2.05, 4.69) is 5.32 Å². The minimum absolute atomic E-state index is 0.0555. The normalized spacial score (nSPS) is 23.6. The van der Waals surface area contributed by atoms with Crippen molar-refractivity contribution in [2.24, 2.45) is 17.3 Å². The molecule has 1 saturated carbocycles. The fourth-order valence-corrected chi connectivity index (χ4v) is 2.85. The van der Waals surface area contributed by atoms with Crippen LogP contribution in [0.1, 0.15) is 13.8 Å². The zero-order chi connectivity index (χ0) is 14.2. The topological polar surface area (TPSA) is 29.1 Å². The Kier molecular flexibility index (Phi) is 4.14. The molecule has 2 atom stereocenters. The molecule has 1 aromatic rings. The molecule has 1 aliphatic carbocycles. The quantitative estimate of drug-likeness (QED) is 0.846. The van der Waals surface area contributed by atoms with Crippen LogP contribution in [0, 0.1) is 17.3 Å². The summed E-state index contributed by atoms with van der Waals surface area (Å²) in [6, 6.07) is 7.15. The Hall–Kier alpha value is -0.700. The molecule has 0 heterocycles. The van der Waals surface area contributed by atoms with Gasteiger partial charge in [-0.3, -0.25) is 4.79 Å². The molecule has 2 rings (SSSR count). The van der Waals surface area contributed by atoms with Crippen LogP contribution < -0.4 is 5.32 Å². The molecule has 1 N–H and O–H groups in total. The van der Waals surface area contributed by atoms with Crippen molar-refractivity contribution in [3.05, 3.63) is 39.9 Å². The molecule has 1 aliphatic rings. The minimum Gasteiger partial charge on any atom is -0.324 e. The third kappa shape index (κ3) is 3.07. The van der Waals surface area contributed by atoms with E-state index < -0.39 is 0 Å². The molecule has 5 heteroatoms. The van der Waals surface area contributed by atoms with Crippen LogP contribution in [0.15, 0.2) is 34.8 Å². The van der Waals surface area contributed by atoms with Crippen molar-refractivity contribution in [2.75, 3.05) is 5.32 Å². The summed E-state index contributed by atoms with van der Waals surface area (Å²) in [5.74, 6) is -0.148. The number of hydrogen-bond donors (Lipinski definition) is 1. The molecule has 2 nitrogen and oxygen atoms in total. The van der Waals surface area contributed by atoms with Crippen LogP contribution in [0.25, 0.3) is 0 Å². The van der Waals surface area contributed by atoms with E-state index in [9.17, 15) is 4.79 Å².